The summed E-state index contributed by atoms with van der Waals surface area (Å²) in [5.41, 5.74) is 0. The van der Waals surface area contributed by atoms with Crippen LogP contribution in [0.1, 0.15) is 13.3 Å². The molecular formula is C9H13NO4. The highest BCUT2D eigenvalue weighted by atomic mass is 16.5. The first-order valence-electron chi connectivity index (χ1n) is 4.42. The summed E-state index contributed by atoms with van der Waals surface area (Å²) in [6.07, 6.45) is 0.235. The molecule has 14 heavy (non-hydrogen) atoms. The molecule has 0 spiro atoms. The van der Waals surface area contributed by atoms with E-state index in [1.807, 2.05) is 0 Å². The van der Waals surface area contributed by atoms with E-state index in [4.69, 9.17) is 0 Å². The van der Waals surface area contributed by atoms with Gasteiger partial charge in [0.15, 0.2) is 5.78 Å². The van der Waals surface area contributed by atoms with E-state index in [0.717, 1.165) is 0 Å². The Hall–Kier alpha value is -1.39. The average molecular weight is 199 g/mol. The van der Waals surface area contributed by atoms with Crippen molar-refractivity contribution < 1.29 is 19.1 Å². The number of nitrogens with zero attached hydrogens (tertiary/aromatic N) is 1. The largest absolute Gasteiger partial charge is 0.468 e. The molecule has 1 aliphatic heterocycles. The topological polar surface area (TPSA) is 63.7 Å². The molecule has 5 heteroatoms. The molecular weight excluding hydrogens is 186 g/mol. The number of rotatable bonds is 1. The van der Waals surface area contributed by atoms with Gasteiger partial charge >= 0.3 is 5.97 Å². The van der Waals surface area contributed by atoms with Gasteiger partial charge in [0.2, 0.25) is 5.91 Å². The number of piperidine rings is 1. The minimum absolute atomic E-state index is 0.119. The zero-order valence-electron chi connectivity index (χ0n) is 8.28. The number of likely N-dealkylation sites (tertiary alicyclic amines) is 1. The minimum Gasteiger partial charge on any atom is -0.468 e. The lowest BCUT2D eigenvalue weighted by Crippen LogP contribution is -2.46. The molecule has 1 aliphatic rings. The van der Waals surface area contributed by atoms with Gasteiger partial charge in [0.25, 0.3) is 0 Å². The number of methoxy groups -OCH3 is 1. The number of hydrogen-bond donors (Lipinski definition) is 0. The van der Waals surface area contributed by atoms with Crippen molar-refractivity contribution in [3.05, 3.63) is 0 Å². The van der Waals surface area contributed by atoms with Gasteiger partial charge in [0, 0.05) is 26.4 Å². The van der Waals surface area contributed by atoms with E-state index in [1.165, 1.54) is 18.9 Å². The summed E-state index contributed by atoms with van der Waals surface area (Å²) in [7, 11) is 1.24. The standard InChI is InChI=1S/C9H13NO4/c1-6(11)10-4-3-8(12)7(5-10)9(13)14-2/h7H,3-5H2,1-2H3/t7-/m0/s1. The number of carbonyl (C=O) groups is 3. The van der Waals surface area contributed by atoms with Crippen molar-refractivity contribution >= 4 is 17.7 Å². The van der Waals surface area contributed by atoms with E-state index >= 15 is 0 Å². The fourth-order valence-electron chi connectivity index (χ4n) is 1.47. The van der Waals surface area contributed by atoms with Gasteiger partial charge in [-0.25, -0.2) is 0 Å². The second-order valence-electron chi connectivity index (χ2n) is 3.26. The van der Waals surface area contributed by atoms with Crippen molar-refractivity contribution in [1.82, 2.24) is 4.90 Å². The molecule has 0 bridgehead atoms. The zero-order chi connectivity index (χ0) is 10.7. The SMILES string of the molecule is COC(=O)[C@H]1CN(C(C)=O)CCC1=O. The Bertz CT molecular complexity index is 266. The predicted molar refractivity (Wildman–Crippen MR) is 47.4 cm³/mol. The van der Waals surface area contributed by atoms with Gasteiger partial charge in [-0.1, -0.05) is 0 Å². The second kappa shape index (κ2) is 4.21. The Morgan fingerprint density at radius 1 is 1.50 bits per heavy atom. The highest BCUT2D eigenvalue weighted by molar-refractivity contribution is 6.00. The van der Waals surface area contributed by atoms with Crippen molar-refractivity contribution in [3.63, 3.8) is 0 Å². The number of carbonyl (C=O) groups excluding carboxylic acids is 3. The summed E-state index contributed by atoms with van der Waals surface area (Å²) in [5.74, 6) is -1.61. The summed E-state index contributed by atoms with van der Waals surface area (Å²) < 4.78 is 4.49. The van der Waals surface area contributed by atoms with Gasteiger partial charge in [-0.3, -0.25) is 14.4 Å². The fraction of sp³-hybridized carbons (Fsp3) is 0.667. The summed E-state index contributed by atoms with van der Waals surface area (Å²) in [4.78, 5) is 35.0. The highest BCUT2D eigenvalue weighted by Crippen LogP contribution is 2.14. The van der Waals surface area contributed by atoms with Crippen LogP contribution in [0.4, 0.5) is 0 Å². The van der Waals surface area contributed by atoms with Crippen LogP contribution in [0.25, 0.3) is 0 Å². The molecule has 0 aromatic rings. The average Bonchev–Trinajstić information content (AvgIpc) is 2.17. The second-order valence-corrected chi connectivity index (χ2v) is 3.26. The van der Waals surface area contributed by atoms with E-state index in [2.05, 4.69) is 4.74 Å². The quantitative estimate of drug-likeness (QED) is 0.425. The molecule has 1 atom stereocenters. The first-order chi connectivity index (χ1) is 6.56. The van der Waals surface area contributed by atoms with E-state index in [0.29, 0.717) is 6.54 Å². The van der Waals surface area contributed by atoms with Crippen LogP contribution in [0.2, 0.25) is 0 Å². The van der Waals surface area contributed by atoms with E-state index in [9.17, 15) is 14.4 Å². The van der Waals surface area contributed by atoms with Crippen LogP contribution in [0.3, 0.4) is 0 Å². The maximum Gasteiger partial charge on any atom is 0.318 e. The lowest BCUT2D eigenvalue weighted by atomic mass is 9.96. The van der Waals surface area contributed by atoms with E-state index in [1.54, 1.807) is 0 Å². The van der Waals surface area contributed by atoms with Crippen LogP contribution < -0.4 is 0 Å². The molecule has 0 radical (unpaired) electrons. The number of Topliss-reactive ketones (excluding diaryl/α,β-unsaturated/α-hetero) is 1. The summed E-state index contributed by atoms with van der Waals surface area (Å²) in [6.45, 7) is 1.98. The molecule has 0 saturated carbocycles. The molecule has 1 amide bonds. The number of esters is 1. The number of ether oxygens (including phenoxy) is 1. The molecule has 0 unspecified atom stereocenters. The summed E-state index contributed by atoms with van der Waals surface area (Å²) >= 11 is 0. The maximum atomic E-state index is 11.3. The van der Waals surface area contributed by atoms with Gasteiger partial charge in [0.1, 0.15) is 5.92 Å². The lowest BCUT2D eigenvalue weighted by Gasteiger charge is -2.29. The first kappa shape index (κ1) is 10.7. The molecule has 1 rings (SSSR count). The summed E-state index contributed by atoms with van der Waals surface area (Å²) in [6, 6.07) is 0. The van der Waals surface area contributed by atoms with Gasteiger partial charge in [0.05, 0.1) is 7.11 Å². The maximum absolute atomic E-state index is 11.3. The van der Waals surface area contributed by atoms with Crippen molar-refractivity contribution in [1.29, 1.82) is 0 Å². The van der Waals surface area contributed by atoms with Crippen LogP contribution in [0.5, 0.6) is 0 Å². The van der Waals surface area contributed by atoms with E-state index in [-0.39, 0.29) is 24.7 Å². The third-order valence-corrected chi connectivity index (χ3v) is 2.35. The molecule has 78 valence electrons. The first-order valence-corrected chi connectivity index (χ1v) is 4.42. The molecule has 1 saturated heterocycles. The van der Waals surface area contributed by atoms with Crippen molar-refractivity contribution in [2.24, 2.45) is 5.92 Å². The third-order valence-electron chi connectivity index (χ3n) is 2.35. The predicted octanol–water partition coefficient (Wildman–Crippen LogP) is -0.403. The van der Waals surface area contributed by atoms with E-state index < -0.39 is 11.9 Å². The van der Waals surface area contributed by atoms with Crippen molar-refractivity contribution in [3.8, 4) is 0 Å². The van der Waals surface area contributed by atoms with Gasteiger partial charge in [-0.05, 0) is 0 Å². The van der Waals surface area contributed by atoms with Gasteiger partial charge < -0.3 is 9.64 Å². The van der Waals surface area contributed by atoms with Crippen LogP contribution in [-0.2, 0) is 19.1 Å². The lowest BCUT2D eigenvalue weighted by molar-refractivity contribution is -0.153. The number of ketones is 1. The Labute approximate surface area is 82.0 Å². The Morgan fingerprint density at radius 2 is 2.14 bits per heavy atom. The minimum atomic E-state index is -0.794. The molecule has 0 N–H and O–H groups in total. The monoisotopic (exact) mass is 199 g/mol. The molecule has 1 fully saturated rings. The number of amides is 1. The summed E-state index contributed by atoms with van der Waals surface area (Å²) in [5, 5.41) is 0. The zero-order valence-corrected chi connectivity index (χ0v) is 8.28. The molecule has 5 nitrogen and oxygen atoms in total. The Morgan fingerprint density at radius 3 is 2.64 bits per heavy atom. The van der Waals surface area contributed by atoms with Crippen LogP contribution in [0, 0.1) is 5.92 Å². The third kappa shape index (κ3) is 2.10. The van der Waals surface area contributed by atoms with Crippen LogP contribution in [0.15, 0.2) is 0 Å². The van der Waals surface area contributed by atoms with Gasteiger partial charge in [-0.2, -0.15) is 0 Å². The molecule has 0 aliphatic carbocycles. The van der Waals surface area contributed by atoms with Crippen molar-refractivity contribution in [2.75, 3.05) is 20.2 Å². The molecule has 0 aromatic heterocycles. The molecule has 0 aromatic carbocycles. The Balaban J connectivity index is 2.69. The normalized spacial score (nSPS) is 22.0. The van der Waals surface area contributed by atoms with Crippen molar-refractivity contribution in [2.45, 2.75) is 13.3 Å². The molecule has 1 heterocycles. The fourth-order valence-corrected chi connectivity index (χ4v) is 1.47. The smallest absolute Gasteiger partial charge is 0.318 e. The van der Waals surface area contributed by atoms with Gasteiger partial charge in [-0.15, -0.1) is 0 Å². The Kier molecular flexibility index (Phi) is 3.22. The number of hydrogen-bond acceptors (Lipinski definition) is 4. The highest BCUT2D eigenvalue weighted by Gasteiger charge is 2.34. The van der Waals surface area contributed by atoms with Crippen LogP contribution in [-0.4, -0.2) is 42.8 Å². The van der Waals surface area contributed by atoms with Crippen LogP contribution >= 0.6 is 0 Å².